The van der Waals surface area contributed by atoms with Gasteiger partial charge in [-0.3, -0.25) is 9.59 Å². The fourth-order valence-electron chi connectivity index (χ4n) is 8.83. The molecule has 0 amide bonds. The van der Waals surface area contributed by atoms with Crippen LogP contribution in [0.15, 0.2) is 0 Å². The van der Waals surface area contributed by atoms with Crippen molar-refractivity contribution in [2.45, 2.75) is 179 Å². The van der Waals surface area contributed by atoms with Gasteiger partial charge < -0.3 is 58.5 Å². The van der Waals surface area contributed by atoms with Crippen molar-refractivity contribution < 1.29 is 63.2 Å². The standard InChI is InChI=1S/C38H69NO13/c1-15-26-38(10,45)31(42)21(4)28(40)19(2)17-37(9,47-14)32(52-35-29(41)25(39(11)12)16-20(3)48-35)22(5)30(23(6)34(43)50-26)51-27-18-36(8,44)33(46-13)24(7)49-27/h19-27,29-33,35,41-42,44-45H,15-18H2,1-14H3. The largest absolute Gasteiger partial charge is 0.459 e. The van der Waals surface area contributed by atoms with Crippen LogP contribution in [0.3, 0.4) is 0 Å². The van der Waals surface area contributed by atoms with Gasteiger partial charge in [-0.1, -0.05) is 27.7 Å². The van der Waals surface area contributed by atoms with Gasteiger partial charge in [-0.15, -0.1) is 0 Å². The van der Waals surface area contributed by atoms with Gasteiger partial charge in [-0.2, -0.15) is 0 Å². The Hall–Kier alpha value is -1.30. The molecule has 304 valence electrons. The average Bonchev–Trinajstić information content (AvgIpc) is 3.06. The Balaban J connectivity index is 2.21. The average molecular weight is 748 g/mol. The molecule has 18 atom stereocenters. The second-order valence-corrected chi connectivity index (χ2v) is 16.7. The molecule has 3 saturated heterocycles. The van der Waals surface area contributed by atoms with Gasteiger partial charge in [0.2, 0.25) is 0 Å². The maximum atomic E-state index is 14.2. The minimum absolute atomic E-state index is 0.0162. The third kappa shape index (κ3) is 9.55. The molecule has 0 aromatic carbocycles. The lowest BCUT2D eigenvalue weighted by Crippen LogP contribution is -2.61. The predicted molar refractivity (Wildman–Crippen MR) is 191 cm³/mol. The Morgan fingerprint density at radius 2 is 1.50 bits per heavy atom. The summed E-state index contributed by atoms with van der Waals surface area (Å²) in [7, 11) is 6.75. The second-order valence-electron chi connectivity index (χ2n) is 16.7. The zero-order valence-corrected chi connectivity index (χ0v) is 33.9. The number of hydrogen-bond acceptors (Lipinski definition) is 14. The van der Waals surface area contributed by atoms with E-state index in [-0.39, 0.29) is 37.2 Å². The Labute approximate surface area is 310 Å². The number of likely N-dealkylation sites (N-methyl/N-ethyl adjacent to an activating group) is 1. The van der Waals surface area contributed by atoms with E-state index in [0.717, 1.165) is 0 Å². The lowest BCUT2D eigenvalue weighted by molar-refractivity contribution is -0.319. The summed E-state index contributed by atoms with van der Waals surface area (Å²) < 4.78 is 43.7. The fraction of sp³-hybridized carbons (Fsp3) is 0.947. The van der Waals surface area contributed by atoms with Crippen LogP contribution in [0, 0.1) is 23.7 Å². The molecule has 0 saturated carbocycles. The molecule has 3 aliphatic rings. The fourth-order valence-corrected chi connectivity index (χ4v) is 8.83. The first-order valence-corrected chi connectivity index (χ1v) is 18.9. The van der Waals surface area contributed by atoms with Crippen LogP contribution in [0.5, 0.6) is 0 Å². The number of aliphatic hydroxyl groups excluding tert-OH is 2. The Morgan fingerprint density at radius 3 is 2.02 bits per heavy atom. The third-order valence-electron chi connectivity index (χ3n) is 12.0. The van der Waals surface area contributed by atoms with Crippen LogP contribution in [0.4, 0.5) is 0 Å². The number of esters is 1. The van der Waals surface area contributed by atoms with Gasteiger partial charge in [0.05, 0.1) is 47.6 Å². The first kappa shape index (κ1) is 45.1. The minimum Gasteiger partial charge on any atom is -0.459 e. The summed E-state index contributed by atoms with van der Waals surface area (Å²) in [6, 6.07) is -0.285. The van der Waals surface area contributed by atoms with Crippen molar-refractivity contribution in [2.75, 3.05) is 28.3 Å². The van der Waals surface area contributed by atoms with E-state index in [1.54, 1.807) is 48.5 Å². The van der Waals surface area contributed by atoms with Crippen molar-refractivity contribution in [2.24, 2.45) is 23.7 Å². The first-order chi connectivity index (χ1) is 24.0. The molecule has 4 N–H and O–H groups in total. The second kappa shape index (κ2) is 17.7. The van der Waals surface area contributed by atoms with E-state index in [1.807, 2.05) is 32.8 Å². The maximum absolute atomic E-state index is 14.2. The molecule has 52 heavy (non-hydrogen) atoms. The number of carbonyl (C=O) groups excluding carboxylic acids is 2. The highest BCUT2D eigenvalue weighted by Gasteiger charge is 2.54. The number of aliphatic hydroxyl groups is 4. The topological polar surface area (TPSA) is 183 Å². The van der Waals surface area contributed by atoms with Gasteiger partial charge in [0, 0.05) is 44.4 Å². The number of ether oxygens (including phenoxy) is 7. The maximum Gasteiger partial charge on any atom is 0.311 e. The Bertz CT molecular complexity index is 1180. The van der Waals surface area contributed by atoms with Crippen LogP contribution in [0.2, 0.25) is 0 Å². The van der Waals surface area contributed by atoms with Crippen LogP contribution in [-0.2, 0) is 42.7 Å². The van der Waals surface area contributed by atoms with Crippen LogP contribution in [-0.4, -0.2) is 150 Å². The van der Waals surface area contributed by atoms with E-state index in [1.165, 1.54) is 21.1 Å². The molecule has 0 bridgehead atoms. The van der Waals surface area contributed by atoms with Gasteiger partial charge in [0.25, 0.3) is 0 Å². The van der Waals surface area contributed by atoms with E-state index in [2.05, 4.69) is 0 Å². The van der Waals surface area contributed by atoms with Gasteiger partial charge in [0.1, 0.15) is 29.7 Å². The molecule has 3 rings (SSSR count). The van der Waals surface area contributed by atoms with E-state index >= 15 is 0 Å². The van der Waals surface area contributed by atoms with Crippen LogP contribution in [0.1, 0.15) is 94.9 Å². The number of nitrogens with zero attached hydrogens (tertiary/aromatic N) is 1. The van der Waals surface area contributed by atoms with Crippen molar-refractivity contribution >= 4 is 11.8 Å². The van der Waals surface area contributed by atoms with Crippen molar-refractivity contribution in [3.63, 3.8) is 0 Å². The van der Waals surface area contributed by atoms with E-state index in [0.29, 0.717) is 6.42 Å². The summed E-state index contributed by atoms with van der Waals surface area (Å²) in [4.78, 5) is 30.0. The summed E-state index contributed by atoms with van der Waals surface area (Å²) >= 11 is 0. The van der Waals surface area contributed by atoms with E-state index < -0.39 is 102 Å². The molecule has 14 heteroatoms. The molecule has 0 spiro atoms. The molecule has 3 heterocycles. The molecule has 14 nitrogen and oxygen atoms in total. The SMILES string of the molecule is CCC1OC(=O)C(C)C(OC2CC(C)(O)C(OC)C(C)O2)C(C)C(OC2OC(C)CC(N(C)C)C2O)C(C)(OC)CC(C)C(=O)C(C)C(O)C1(C)O. The van der Waals surface area contributed by atoms with E-state index in [4.69, 9.17) is 33.2 Å². The van der Waals surface area contributed by atoms with Gasteiger partial charge in [0.15, 0.2) is 12.6 Å². The van der Waals surface area contributed by atoms with Gasteiger partial charge >= 0.3 is 5.97 Å². The first-order valence-electron chi connectivity index (χ1n) is 18.9. The van der Waals surface area contributed by atoms with Crippen LogP contribution >= 0.6 is 0 Å². The summed E-state index contributed by atoms with van der Waals surface area (Å²) in [5.74, 6) is -4.50. The third-order valence-corrected chi connectivity index (χ3v) is 12.0. The molecular weight excluding hydrogens is 678 g/mol. The number of Topliss-reactive ketones (excluding diaryl/α,β-unsaturated/α-hetero) is 1. The van der Waals surface area contributed by atoms with Gasteiger partial charge in [-0.25, -0.2) is 0 Å². The Morgan fingerprint density at radius 1 is 0.885 bits per heavy atom. The molecule has 3 fully saturated rings. The predicted octanol–water partition coefficient (Wildman–Crippen LogP) is 2.44. The van der Waals surface area contributed by atoms with Crippen molar-refractivity contribution in [3.8, 4) is 0 Å². The number of hydrogen-bond donors (Lipinski definition) is 4. The lowest BCUT2D eigenvalue weighted by Gasteiger charge is -2.49. The van der Waals surface area contributed by atoms with Crippen molar-refractivity contribution in [1.82, 2.24) is 4.90 Å². The highest BCUT2D eigenvalue weighted by molar-refractivity contribution is 5.83. The Kier molecular flexibility index (Phi) is 15.3. The number of rotatable bonds is 8. The zero-order chi connectivity index (χ0) is 39.7. The molecule has 0 aromatic heterocycles. The molecule has 18 unspecified atom stereocenters. The van der Waals surface area contributed by atoms with Gasteiger partial charge in [-0.05, 0) is 74.9 Å². The van der Waals surface area contributed by atoms with Crippen molar-refractivity contribution in [3.05, 3.63) is 0 Å². The summed E-state index contributed by atoms with van der Waals surface area (Å²) in [5, 5.41) is 46.0. The molecule has 0 aliphatic carbocycles. The summed E-state index contributed by atoms with van der Waals surface area (Å²) in [6.45, 7) is 17.0. The smallest absolute Gasteiger partial charge is 0.311 e. The lowest BCUT2D eigenvalue weighted by atomic mass is 9.74. The number of carbonyl (C=O) groups is 2. The van der Waals surface area contributed by atoms with Crippen LogP contribution < -0.4 is 0 Å². The van der Waals surface area contributed by atoms with E-state index in [9.17, 15) is 30.0 Å². The highest BCUT2D eigenvalue weighted by atomic mass is 16.7. The quantitative estimate of drug-likeness (QED) is 0.266. The highest BCUT2D eigenvalue weighted by Crippen LogP contribution is 2.41. The summed E-state index contributed by atoms with van der Waals surface area (Å²) in [6.07, 6.45) is -8.51. The molecule has 0 aromatic rings. The normalized spacial score (nSPS) is 49.0. The molecule has 0 radical (unpaired) electrons. The van der Waals surface area contributed by atoms with Crippen molar-refractivity contribution in [1.29, 1.82) is 0 Å². The zero-order valence-electron chi connectivity index (χ0n) is 33.9. The molecule has 3 aliphatic heterocycles. The minimum atomic E-state index is -1.97. The monoisotopic (exact) mass is 747 g/mol. The molecular formula is C38H69NO13. The number of ketones is 1. The summed E-state index contributed by atoms with van der Waals surface area (Å²) in [5.41, 5.74) is -4.56. The number of cyclic esters (lactones) is 1. The van der Waals surface area contributed by atoms with Crippen LogP contribution in [0.25, 0.3) is 0 Å². The number of methoxy groups -OCH3 is 2.